The van der Waals surface area contributed by atoms with Crippen molar-refractivity contribution in [3.05, 3.63) is 60.2 Å². The zero-order valence-corrected chi connectivity index (χ0v) is 11.6. The number of carboxylic acid groups (broad SMARTS) is 1. The van der Waals surface area contributed by atoms with E-state index in [1.807, 2.05) is 36.4 Å². The molecule has 2 aromatic carbocycles. The van der Waals surface area contributed by atoms with Crippen LogP contribution in [0.25, 0.3) is 16.9 Å². The molecule has 0 unspecified atom stereocenters. The molecule has 2 aromatic rings. The van der Waals surface area contributed by atoms with Gasteiger partial charge in [-0.1, -0.05) is 36.4 Å². The lowest BCUT2D eigenvalue weighted by atomic mass is 10.0. The predicted octanol–water partition coefficient (Wildman–Crippen LogP) is 3.52. The Labute approximate surface area is 122 Å². The Morgan fingerprint density at radius 2 is 1.57 bits per heavy atom. The molecule has 2 rings (SSSR count). The van der Waals surface area contributed by atoms with E-state index in [0.717, 1.165) is 17.2 Å². The zero-order chi connectivity index (χ0) is 15.2. The highest BCUT2D eigenvalue weighted by Crippen LogP contribution is 2.24. The van der Waals surface area contributed by atoms with Crippen molar-refractivity contribution < 1.29 is 19.7 Å². The second kappa shape index (κ2) is 6.61. The molecule has 0 aromatic heterocycles. The van der Waals surface area contributed by atoms with Crippen LogP contribution in [0.5, 0.6) is 5.75 Å². The Hall–Kier alpha value is -2.75. The molecule has 0 aliphatic rings. The van der Waals surface area contributed by atoms with Gasteiger partial charge in [0.05, 0.1) is 12.7 Å². The topological polar surface area (TPSA) is 66.8 Å². The summed E-state index contributed by atoms with van der Waals surface area (Å²) in [6, 6.07) is 14.3. The van der Waals surface area contributed by atoms with Crippen LogP contribution in [0.15, 0.2) is 54.6 Å². The van der Waals surface area contributed by atoms with Crippen LogP contribution in [0.2, 0.25) is 0 Å². The van der Waals surface area contributed by atoms with Gasteiger partial charge in [-0.2, -0.15) is 0 Å². The maximum atomic E-state index is 10.8. The number of ether oxygens (including phenoxy) is 1. The minimum absolute atomic E-state index is 0.221. The quantitative estimate of drug-likeness (QED) is 0.651. The molecular weight excluding hydrogens is 268 g/mol. The van der Waals surface area contributed by atoms with Gasteiger partial charge in [0, 0.05) is 5.56 Å². The molecule has 0 heterocycles. The SMILES string of the molecule is CCOC(=CC(=O)O)c1ccc(-c2ccc(O)cc2)cc1. The standard InChI is InChI=1S/C17H16O4/c1-2-21-16(11-17(19)20)14-5-3-12(4-6-14)13-7-9-15(18)10-8-13/h3-11,18H,2H2,1H3,(H,19,20). The number of carboxylic acids is 1. The van der Waals surface area contributed by atoms with Gasteiger partial charge >= 0.3 is 5.97 Å². The highest BCUT2D eigenvalue weighted by Gasteiger charge is 2.06. The molecule has 0 atom stereocenters. The van der Waals surface area contributed by atoms with Crippen LogP contribution in [0, 0.1) is 0 Å². The number of aliphatic carboxylic acids is 1. The Bertz CT molecular complexity index is 639. The van der Waals surface area contributed by atoms with Crippen molar-refractivity contribution in [3.8, 4) is 16.9 Å². The maximum absolute atomic E-state index is 10.8. The largest absolute Gasteiger partial charge is 0.508 e. The summed E-state index contributed by atoms with van der Waals surface area (Å²) < 4.78 is 5.35. The van der Waals surface area contributed by atoms with Crippen LogP contribution in [0.1, 0.15) is 12.5 Å². The lowest BCUT2D eigenvalue weighted by Crippen LogP contribution is -1.97. The Kier molecular flexibility index (Phi) is 4.61. The summed E-state index contributed by atoms with van der Waals surface area (Å²) in [7, 11) is 0. The third-order valence-electron chi connectivity index (χ3n) is 2.92. The summed E-state index contributed by atoms with van der Waals surface area (Å²) in [5, 5.41) is 18.1. The first-order valence-corrected chi connectivity index (χ1v) is 6.57. The molecule has 0 aliphatic heterocycles. The second-order valence-corrected chi connectivity index (χ2v) is 4.40. The molecular formula is C17H16O4. The summed E-state index contributed by atoms with van der Waals surface area (Å²) in [6.07, 6.45) is 1.05. The third kappa shape index (κ3) is 3.86. The van der Waals surface area contributed by atoms with E-state index in [4.69, 9.17) is 9.84 Å². The average Bonchev–Trinajstić information content (AvgIpc) is 2.47. The van der Waals surface area contributed by atoms with Crippen LogP contribution in [0.4, 0.5) is 0 Å². The highest BCUT2D eigenvalue weighted by atomic mass is 16.5. The van der Waals surface area contributed by atoms with Gasteiger partial charge in [0.15, 0.2) is 0 Å². The smallest absolute Gasteiger partial charge is 0.332 e. The van der Waals surface area contributed by atoms with Crippen molar-refractivity contribution in [2.45, 2.75) is 6.92 Å². The highest BCUT2D eigenvalue weighted by molar-refractivity contribution is 5.88. The first-order valence-electron chi connectivity index (χ1n) is 6.57. The van der Waals surface area contributed by atoms with E-state index in [-0.39, 0.29) is 5.75 Å². The summed E-state index contributed by atoms with van der Waals surface area (Å²) in [4.78, 5) is 10.8. The third-order valence-corrected chi connectivity index (χ3v) is 2.92. The fraction of sp³-hybridized carbons (Fsp3) is 0.118. The average molecular weight is 284 g/mol. The molecule has 0 amide bonds. The van der Waals surface area contributed by atoms with Gasteiger partial charge in [-0.25, -0.2) is 4.79 Å². The molecule has 0 spiro atoms. The molecule has 0 aliphatic carbocycles. The van der Waals surface area contributed by atoms with Crippen molar-refractivity contribution >= 4 is 11.7 Å². The summed E-state index contributed by atoms with van der Waals surface area (Å²) in [6.45, 7) is 2.21. The van der Waals surface area contributed by atoms with E-state index in [1.54, 1.807) is 19.1 Å². The van der Waals surface area contributed by atoms with Crippen LogP contribution < -0.4 is 0 Å². The number of phenols is 1. The predicted molar refractivity (Wildman–Crippen MR) is 80.8 cm³/mol. The maximum Gasteiger partial charge on any atom is 0.332 e. The molecule has 0 saturated carbocycles. The van der Waals surface area contributed by atoms with Crippen molar-refractivity contribution in [2.75, 3.05) is 6.61 Å². The number of benzene rings is 2. The van der Waals surface area contributed by atoms with Gasteiger partial charge in [0.2, 0.25) is 0 Å². The van der Waals surface area contributed by atoms with Gasteiger partial charge in [-0.15, -0.1) is 0 Å². The molecule has 0 radical (unpaired) electrons. The van der Waals surface area contributed by atoms with E-state index in [9.17, 15) is 9.90 Å². The Balaban J connectivity index is 2.29. The zero-order valence-electron chi connectivity index (χ0n) is 11.6. The van der Waals surface area contributed by atoms with Crippen molar-refractivity contribution in [2.24, 2.45) is 0 Å². The van der Waals surface area contributed by atoms with Gasteiger partial charge < -0.3 is 14.9 Å². The molecule has 4 nitrogen and oxygen atoms in total. The molecule has 0 saturated heterocycles. The molecule has 108 valence electrons. The number of hydrogen-bond acceptors (Lipinski definition) is 3. The monoisotopic (exact) mass is 284 g/mol. The number of hydrogen-bond donors (Lipinski definition) is 2. The fourth-order valence-corrected chi connectivity index (χ4v) is 1.96. The van der Waals surface area contributed by atoms with E-state index in [2.05, 4.69) is 0 Å². The first-order chi connectivity index (χ1) is 10.1. The molecule has 21 heavy (non-hydrogen) atoms. The lowest BCUT2D eigenvalue weighted by Gasteiger charge is -2.09. The van der Waals surface area contributed by atoms with Gasteiger partial charge in [-0.3, -0.25) is 0 Å². The summed E-state index contributed by atoms with van der Waals surface area (Å²) in [5.74, 6) is -0.485. The first kappa shape index (κ1) is 14.7. The molecule has 4 heteroatoms. The Morgan fingerprint density at radius 1 is 1.05 bits per heavy atom. The lowest BCUT2D eigenvalue weighted by molar-refractivity contribution is -0.131. The number of aromatic hydroxyl groups is 1. The van der Waals surface area contributed by atoms with Gasteiger partial charge in [0.25, 0.3) is 0 Å². The number of carbonyl (C=O) groups is 1. The van der Waals surface area contributed by atoms with E-state index in [0.29, 0.717) is 17.9 Å². The van der Waals surface area contributed by atoms with E-state index in [1.165, 1.54) is 0 Å². The molecule has 0 bridgehead atoms. The van der Waals surface area contributed by atoms with Crippen molar-refractivity contribution in [3.63, 3.8) is 0 Å². The van der Waals surface area contributed by atoms with E-state index >= 15 is 0 Å². The number of rotatable bonds is 5. The number of phenolic OH excluding ortho intramolecular Hbond substituents is 1. The Morgan fingerprint density at radius 3 is 2.05 bits per heavy atom. The normalized spacial score (nSPS) is 11.2. The summed E-state index contributed by atoms with van der Waals surface area (Å²) in [5.41, 5.74) is 2.66. The molecule has 0 fully saturated rings. The fourth-order valence-electron chi connectivity index (χ4n) is 1.96. The van der Waals surface area contributed by atoms with E-state index < -0.39 is 5.97 Å². The van der Waals surface area contributed by atoms with Crippen molar-refractivity contribution in [1.82, 2.24) is 0 Å². The van der Waals surface area contributed by atoms with Gasteiger partial charge in [-0.05, 0) is 30.2 Å². The van der Waals surface area contributed by atoms with Crippen LogP contribution >= 0.6 is 0 Å². The minimum Gasteiger partial charge on any atom is -0.508 e. The van der Waals surface area contributed by atoms with Crippen LogP contribution in [0.3, 0.4) is 0 Å². The second-order valence-electron chi connectivity index (χ2n) is 4.40. The van der Waals surface area contributed by atoms with Crippen LogP contribution in [-0.2, 0) is 9.53 Å². The van der Waals surface area contributed by atoms with Crippen molar-refractivity contribution in [1.29, 1.82) is 0 Å². The summed E-state index contributed by atoms with van der Waals surface area (Å²) >= 11 is 0. The minimum atomic E-state index is -1.04. The molecule has 2 N–H and O–H groups in total. The van der Waals surface area contributed by atoms with Gasteiger partial charge in [0.1, 0.15) is 11.5 Å². The van der Waals surface area contributed by atoms with Crippen LogP contribution in [-0.4, -0.2) is 22.8 Å².